The van der Waals surface area contributed by atoms with Gasteiger partial charge < -0.3 is 10.2 Å². The van der Waals surface area contributed by atoms with E-state index in [9.17, 15) is 9.59 Å². The molecule has 4 nitrogen and oxygen atoms in total. The van der Waals surface area contributed by atoms with Gasteiger partial charge >= 0.3 is 0 Å². The molecule has 1 fully saturated rings. The maximum absolute atomic E-state index is 13.9. The molecule has 0 spiro atoms. The van der Waals surface area contributed by atoms with E-state index in [1.807, 2.05) is 41.3 Å². The van der Waals surface area contributed by atoms with Crippen LogP contribution in [0.3, 0.4) is 0 Å². The molecule has 1 N–H and O–H groups in total. The van der Waals surface area contributed by atoms with Gasteiger partial charge in [-0.2, -0.15) is 0 Å². The minimum atomic E-state index is -0.396. The molecule has 1 aliphatic carbocycles. The summed E-state index contributed by atoms with van der Waals surface area (Å²) in [7, 11) is 0. The van der Waals surface area contributed by atoms with Gasteiger partial charge in [-0.3, -0.25) is 9.59 Å². The average molecular weight is 451 g/mol. The summed E-state index contributed by atoms with van der Waals surface area (Å²) in [5, 5.41) is 3.34. The van der Waals surface area contributed by atoms with Crippen LogP contribution in [0.5, 0.6) is 0 Å². The predicted octanol–water partition coefficient (Wildman–Crippen LogP) is 5.22. The van der Waals surface area contributed by atoms with Crippen LogP contribution in [-0.2, 0) is 11.2 Å². The zero-order valence-electron chi connectivity index (χ0n) is 19.3. The van der Waals surface area contributed by atoms with Gasteiger partial charge in [0.05, 0.1) is 12.0 Å². The number of nitrogens with zero attached hydrogens (tertiary/aromatic N) is 1. The number of benzene rings is 3. The minimum absolute atomic E-state index is 0.0327. The Labute approximate surface area is 201 Å². The Morgan fingerprint density at radius 3 is 2.47 bits per heavy atom. The maximum Gasteiger partial charge on any atom is 0.254 e. The number of amides is 2. The zero-order valence-corrected chi connectivity index (χ0v) is 19.3. The van der Waals surface area contributed by atoms with Gasteiger partial charge in [0.15, 0.2) is 0 Å². The van der Waals surface area contributed by atoms with Gasteiger partial charge in [0.2, 0.25) is 5.91 Å². The van der Waals surface area contributed by atoms with Crippen LogP contribution >= 0.6 is 0 Å². The molecular weight excluding hydrogens is 420 g/mol. The number of rotatable bonds is 4. The monoisotopic (exact) mass is 450 g/mol. The highest BCUT2D eigenvalue weighted by atomic mass is 16.2. The van der Waals surface area contributed by atoms with E-state index in [1.165, 1.54) is 24.0 Å². The summed E-state index contributed by atoms with van der Waals surface area (Å²) < 4.78 is 0. The Hall–Kier alpha value is -3.40. The molecule has 2 aliphatic heterocycles. The minimum Gasteiger partial charge on any atom is -0.355 e. The van der Waals surface area contributed by atoms with E-state index in [-0.39, 0.29) is 17.9 Å². The van der Waals surface area contributed by atoms with Gasteiger partial charge in [0, 0.05) is 18.7 Å². The van der Waals surface area contributed by atoms with E-state index in [0.717, 1.165) is 24.0 Å². The summed E-state index contributed by atoms with van der Waals surface area (Å²) in [5.74, 6) is 0.617. The van der Waals surface area contributed by atoms with Crippen LogP contribution in [0.2, 0.25) is 0 Å². The van der Waals surface area contributed by atoms with Gasteiger partial charge in [-0.05, 0) is 59.4 Å². The first kappa shape index (κ1) is 21.2. The Bertz CT molecular complexity index is 1220. The van der Waals surface area contributed by atoms with Crippen molar-refractivity contribution in [3.05, 3.63) is 107 Å². The van der Waals surface area contributed by atoms with Crippen molar-refractivity contribution in [2.45, 2.75) is 43.6 Å². The smallest absolute Gasteiger partial charge is 0.254 e. The fraction of sp³-hybridized carbons (Fsp3) is 0.333. The van der Waals surface area contributed by atoms with Crippen LogP contribution in [-0.4, -0.2) is 29.8 Å². The van der Waals surface area contributed by atoms with E-state index in [0.29, 0.717) is 30.5 Å². The third kappa shape index (κ3) is 3.53. The van der Waals surface area contributed by atoms with Crippen LogP contribution in [0, 0.1) is 5.92 Å². The first-order chi connectivity index (χ1) is 16.7. The van der Waals surface area contributed by atoms with Crippen molar-refractivity contribution in [2.24, 2.45) is 5.92 Å². The largest absolute Gasteiger partial charge is 0.355 e. The van der Waals surface area contributed by atoms with E-state index in [4.69, 9.17) is 0 Å². The molecule has 2 amide bonds. The number of hydrogen-bond acceptors (Lipinski definition) is 2. The lowest BCUT2D eigenvalue weighted by Gasteiger charge is -2.45. The number of carbonyl (C=O) groups is 2. The summed E-state index contributed by atoms with van der Waals surface area (Å²) in [4.78, 5) is 29.2. The molecule has 3 aliphatic rings. The van der Waals surface area contributed by atoms with E-state index >= 15 is 0 Å². The molecule has 6 rings (SSSR count). The van der Waals surface area contributed by atoms with Crippen LogP contribution in [0.1, 0.15) is 69.8 Å². The Morgan fingerprint density at radius 2 is 1.62 bits per heavy atom. The highest BCUT2D eigenvalue weighted by Gasteiger charge is 2.46. The highest BCUT2D eigenvalue weighted by Crippen LogP contribution is 2.46. The normalized spacial score (nSPS) is 25.3. The molecule has 3 aromatic carbocycles. The molecule has 0 aromatic heterocycles. The first-order valence-electron chi connectivity index (χ1n) is 12.5. The Morgan fingerprint density at radius 1 is 0.882 bits per heavy atom. The third-order valence-electron chi connectivity index (χ3n) is 8.14. The van der Waals surface area contributed by atoms with Crippen molar-refractivity contribution >= 4 is 11.8 Å². The molecule has 0 radical (unpaired) electrons. The molecule has 0 unspecified atom stereocenters. The van der Waals surface area contributed by atoms with E-state index in [1.54, 1.807) is 0 Å². The molecule has 3 aromatic rings. The van der Waals surface area contributed by atoms with Crippen LogP contribution < -0.4 is 5.32 Å². The van der Waals surface area contributed by atoms with Gasteiger partial charge in [0.25, 0.3) is 5.91 Å². The quantitative estimate of drug-likeness (QED) is 0.592. The van der Waals surface area contributed by atoms with Gasteiger partial charge in [-0.25, -0.2) is 0 Å². The van der Waals surface area contributed by atoms with E-state index < -0.39 is 5.92 Å². The Kier molecular flexibility index (Phi) is 5.44. The van der Waals surface area contributed by atoms with Crippen LogP contribution in [0.4, 0.5) is 0 Å². The summed E-state index contributed by atoms with van der Waals surface area (Å²) >= 11 is 0. The second-order valence-corrected chi connectivity index (χ2v) is 9.91. The van der Waals surface area contributed by atoms with Gasteiger partial charge in [0.1, 0.15) is 0 Å². The number of nitrogens with one attached hydrogen (secondary N) is 1. The second-order valence-electron chi connectivity index (χ2n) is 9.91. The third-order valence-corrected chi connectivity index (χ3v) is 8.14. The highest BCUT2D eigenvalue weighted by molar-refractivity contribution is 6.01. The lowest BCUT2D eigenvalue weighted by atomic mass is 9.75. The number of carbonyl (C=O) groups excluding carboxylic acids is 2. The van der Waals surface area contributed by atoms with Crippen LogP contribution in [0.25, 0.3) is 0 Å². The van der Waals surface area contributed by atoms with Crippen LogP contribution in [0.15, 0.2) is 78.9 Å². The summed E-state index contributed by atoms with van der Waals surface area (Å²) in [6, 6.07) is 26.4. The summed E-state index contributed by atoms with van der Waals surface area (Å²) in [6.45, 7) is 1.33. The maximum atomic E-state index is 13.9. The standard InChI is InChI=1S/C30H30N2O2/c33-29(31-19-22-12-8-16-23(22)20-9-2-1-3-10-20)27-25-14-6-7-15-26(25)30(34)32-18-17-21-11-4-5-13-24(21)28(27)32/h1-7,9-11,13-15,22-23,27-28H,8,12,16-19H2,(H,31,33)/t22-,23+,27-,28+/m0/s1. The van der Waals surface area contributed by atoms with Gasteiger partial charge in [-0.1, -0.05) is 79.2 Å². The molecule has 0 bridgehead atoms. The average Bonchev–Trinajstić information content (AvgIpc) is 3.37. The lowest BCUT2D eigenvalue weighted by molar-refractivity contribution is -0.124. The first-order valence-corrected chi connectivity index (χ1v) is 12.5. The predicted molar refractivity (Wildman–Crippen MR) is 133 cm³/mol. The molecule has 0 saturated heterocycles. The molecule has 2 heterocycles. The summed E-state index contributed by atoms with van der Waals surface area (Å²) in [6.07, 6.45) is 4.34. The molecular formula is C30H30N2O2. The van der Waals surface area contributed by atoms with Crippen molar-refractivity contribution in [3.8, 4) is 0 Å². The van der Waals surface area contributed by atoms with Crippen molar-refractivity contribution < 1.29 is 9.59 Å². The zero-order chi connectivity index (χ0) is 23.1. The number of hydrogen-bond donors (Lipinski definition) is 1. The van der Waals surface area contributed by atoms with Crippen molar-refractivity contribution in [3.63, 3.8) is 0 Å². The lowest BCUT2D eigenvalue weighted by Crippen LogP contribution is -2.50. The fourth-order valence-electron chi connectivity index (χ4n) is 6.52. The topological polar surface area (TPSA) is 49.4 Å². The van der Waals surface area contributed by atoms with Crippen molar-refractivity contribution in [1.29, 1.82) is 0 Å². The molecule has 4 atom stereocenters. The molecule has 4 heteroatoms. The SMILES string of the molecule is O=C(NC[C@@H]1CCC[C@@H]1c1ccccc1)[C@H]1c2ccccc2C(=O)N2CCc3ccccc3[C@H]12. The molecule has 34 heavy (non-hydrogen) atoms. The summed E-state index contributed by atoms with van der Waals surface area (Å²) in [5.41, 5.74) is 5.25. The number of fused-ring (bicyclic) bond motifs is 4. The van der Waals surface area contributed by atoms with Gasteiger partial charge in [-0.15, -0.1) is 0 Å². The Balaban J connectivity index is 1.31. The fourth-order valence-corrected chi connectivity index (χ4v) is 6.52. The second kappa shape index (κ2) is 8.75. The molecule has 1 saturated carbocycles. The van der Waals surface area contributed by atoms with Crippen molar-refractivity contribution in [2.75, 3.05) is 13.1 Å². The van der Waals surface area contributed by atoms with Crippen molar-refractivity contribution in [1.82, 2.24) is 10.2 Å². The van der Waals surface area contributed by atoms with E-state index in [2.05, 4.69) is 47.8 Å². The molecule has 172 valence electrons.